The van der Waals surface area contributed by atoms with Crippen LogP contribution in [0.15, 0.2) is 10.9 Å². The van der Waals surface area contributed by atoms with Crippen molar-refractivity contribution >= 4 is 5.82 Å². The fraction of sp³-hybridized carbons (Fsp3) is 0.714. The second kappa shape index (κ2) is 5.33. The van der Waals surface area contributed by atoms with Crippen molar-refractivity contribution in [1.29, 1.82) is 0 Å². The van der Waals surface area contributed by atoms with Crippen LogP contribution in [-0.2, 0) is 0 Å². The SMILES string of the molecule is CN(CC1CCNCC1)c1cc(=O)[nH]c(C2CC2)n1. The first-order chi connectivity index (χ1) is 9.22. The molecule has 0 amide bonds. The normalized spacial score (nSPS) is 20.5. The van der Waals surface area contributed by atoms with Gasteiger partial charge < -0.3 is 15.2 Å². The van der Waals surface area contributed by atoms with Crippen molar-refractivity contribution < 1.29 is 0 Å². The molecule has 2 aliphatic rings. The lowest BCUT2D eigenvalue weighted by atomic mass is 9.98. The molecule has 0 bridgehead atoms. The highest BCUT2D eigenvalue weighted by Crippen LogP contribution is 2.37. The third kappa shape index (κ3) is 3.15. The van der Waals surface area contributed by atoms with E-state index in [0.717, 1.165) is 44.1 Å². The molecule has 1 aliphatic heterocycles. The minimum absolute atomic E-state index is 0.0240. The zero-order valence-corrected chi connectivity index (χ0v) is 11.5. The largest absolute Gasteiger partial charge is 0.359 e. The van der Waals surface area contributed by atoms with Gasteiger partial charge in [0.1, 0.15) is 11.6 Å². The second-order valence-corrected chi connectivity index (χ2v) is 5.84. The molecule has 2 fully saturated rings. The van der Waals surface area contributed by atoms with Gasteiger partial charge in [0.2, 0.25) is 0 Å². The van der Waals surface area contributed by atoms with Crippen LogP contribution in [0.3, 0.4) is 0 Å². The van der Waals surface area contributed by atoms with Crippen LogP contribution >= 0.6 is 0 Å². The van der Waals surface area contributed by atoms with Crippen molar-refractivity contribution in [3.05, 3.63) is 22.2 Å². The van der Waals surface area contributed by atoms with E-state index in [2.05, 4.69) is 20.2 Å². The average molecular weight is 262 g/mol. The molecule has 0 spiro atoms. The minimum atomic E-state index is -0.0240. The molecule has 0 radical (unpaired) electrons. The van der Waals surface area contributed by atoms with Crippen LogP contribution in [0.1, 0.15) is 37.4 Å². The minimum Gasteiger partial charge on any atom is -0.359 e. The number of H-pyrrole nitrogens is 1. The molecule has 1 saturated heterocycles. The predicted octanol–water partition coefficient (Wildman–Crippen LogP) is 1.08. The van der Waals surface area contributed by atoms with Crippen molar-refractivity contribution in [1.82, 2.24) is 15.3 Å². The summed E-state index contributed by atoms with van der Waals surface area (Å²) in [7, 11) is 2.04. The summed E-state index contributed by atoms with van der Waals surface area (Å²) < 4.78 is 0. The van der Waals surface area contributed by atoms with E-state index in [1.165, 1.54) is 12.8 Å². The van der Waals surface area contributed by atoms with E-state index in [0.29, 0.717) is 11.8 Å². The van der Waals surface area contributed by atoms with Crippen LogP contribution in [0.25, 0.3) is 0 Å². The van der Waals surface area contributed by atoms with Gasteiger partial charge in [-0.1, -0.05) is 0 Å². The monoisotopic (exact) mass is 262 g/mol. The molecular formula is C14H22N4O. The van der Waals surface area contributed by atoms with Gasteiger partial charge in [-0.25, -0.2) is 4.98 Å². The van der Waals surface area contributed by atoms with Gasteiger partial charge in [-0.15, -0.1) is 0 Å². The van der Waals surface area contributed by atoms with Crippen LogP contribution in [0, 0.1) is 5.92 Å². The van der Waals surface area contributed by atoms with E-state index in [1.54, 1.807) is 6.07 Å². The number of anilines is 1. The summed E-state index contributed by atoms with van der Waals surface area (Å²) >= 11 is 0. The number of hydrogen-bond donors (Lipinski definition) is 2. The Bertz CT molecular complexity index is 488. The second-order valence-electron chi connectivity index (χ2n) is 5.84. The van der Waals surface area contributed by atoms with Gasteiger partial charge in [-0.2, -0.15) is 0 Å². The van der Waals surface area contributed by atoms with E-state index >= 15 is 0 Å². The number of aromatic nitrogens is 2. The maximum Gasteiger partial charge on any atom is 0.252 e. The zero-order valence-electron chi connectivity index (χ0n) is 11.5. The maximum absolute atomic E-state index is 11.7. The number of nitrogens with zero attached hydrogens (tertiary/aromatic N) is 2. The Morgan fingerprint density at radius 3 is 2.74 bits per heavy atom. The van der Waals surface area contributed by atoms with Crippen molar-refractivity contribution in [3.8, 4) is 0 Å². The molecule has 1 aromatic heterocycles. The van der Waals surface area contributed by atoms with Gasteiger partial charge in [0.15, 0.2) is 0 Å². The van der Waals surface area contributed by atoms with Crippen LogP contribution in [0.4, 0.5) is 5.82 Å². The summed E-state index contributed by atoms with van der Waals surface area (Å²) in [5.41, 5.74) is -0.0240. The van der Waals surface area contributed by atoms with E-state index in [9.17, 15) is 4.79 Å². The summed E-state index contributed by atoms with van der Waals surface area (Å²) in [6.45, 7) is 3.20. The van der Waals surface area contributed by atoms with Crippen LogP contribution in [0.5, 0.6) is 0 Å². The highest BCUT2D eigenvalue weighted by Gasteiger charge is 2.27. The Balaban J connectivity index is 1.71. The first-order valence-electron chi connectivity index (χ1n) is 7.25. The fourth-order valence-corrected chi connectivity index (χ4v) is 2.75. The maximum atomic E-state index is 11.7. The smallest absolute Gasteiger partial charge is 0.252 e. The van der Waals surface area contributed by atoms with E-state index in [-0.39, 0.29) is 5.56 Å². The molecule has 3 rings (SSSR count). The molecule has 0 aromatic carbocycles. The van der Waals surface area contributed by atoms with Crippen molar-refractivity contribution in [2.45, 2.75) is 31.6 Å². The molecule has 2 heterocycles. The molecule has 1 aliphatic carbocycles. The summed E-state index contributed by atoms with van der Waals surface area (Å²) in [6.07, 6.45) is 4.74. The van der Waals surface area contributed by atoms with Crippen LogP contribution in [0.2, 0.25) is 0 Å². The summed E-state index contributed by atoms with van der Waals surface area (Å²) in [5, 5.41) is 3.38. The quantitative estimate of drug-likeness (QED) is 0.852. The van der Waals surface area contributed by atoms with Crippen LogP contribution < -0.4 is 15.8 Å². The first kappa shape index (κ1) is 12.7. The van der Waals surface area contributed by atoms with Gasteiger partial charge in [0.05, 0.1) is 0 Å². The lowest BCUT2D eigenvalue weighted by Gasteiger charge is -2.28. The molecule has 1 aromatic rings. The van der Waals surface area contributed by atoms with E-state index in [4.69, 9.17) is 0 Å². The van der Waals surface area contributed by atoms with Crippen molar-refractivity contribution in [3.63, 3.8) is 0 Å². The third-order valence-corrected chi connectivity index (χ3v) is 4.09. The topological polar surface area (TPSA) is 61.0 Å². The Labute approximate surface area is 113 Å². The molecule has 0 atom stereocenters. The van der Waals surface area contributed by atoms with Gasteiger partial charge in [-0.3, -0.25) is 4.79 Å². The summed E-state index contributed by atoms with van der Waals surface area (Å²) in [5.74, 6) is 2.89. The van der Waals surface area contributed by atoms with Gasteiger partial charge in [0, 0.05) is 25.6 Å². The van der Waals surface area contributed by atoms with Crippen molar-refractivity contribution in [2.75, 3.05) is 31.6 Å². The van der Waals surface area contributed by atoms with Crippen LogP contribution in [-0.4, -0.2) is 36.6 Å². The highest BCUT2D eigenvalue weighted by molar-refractivity contribution is 5.37. The Morgan fingerprint density at radius 2 is 2.05 bits per heavy atom. The molecule has 0 unspecified atom stereocenters. The number of hydrogen-bond acceptors (Lipinski definition) is 4. The molecule has 2 N–H and O–H groups in total. The number of piperidine rings is 1. The fourth-order valence-electron chi connectivity index (χ4n) is 2.75. The highest BCUT2D eigenvalue weighted by atomic mass is 16.1. The Hall–Kier alpha value is -1.36. The van der Waals surface area contributed by atoms with Gasteiger partial charge in [-0.05, 0) is 44.7 Å². The lowest BCUT2D eigenvalue weighted by molar-refractivity contribution is 0.377. The average Bonchev–Trinajstić information content (AvgIpc) is 3.23. The van der Waals surface area contributed by atoms with Gasteiger partial charge >= 0.3 is 0 Å². The molecule has 5 heteroatoms. The molecule has 1 saturated carbocycles. The summed E-state index contributed by atoms with van der Waals surface area (Å²) in [4.78, 5) is 21.3. The lowest BCUT2D eigenvalue weighted by Crippen LogP contribution is -2.35. The summed E-state index contributed by atoms with van der Waals surface area (Å²) in [6, 6.07) is 1.62. The Morgan fingerprint density at radius 1 is 1.32 bits per heavy atom. The number of aromatic amines is 1. The third-order valence-electron chi connectivity index (χ3n) is 4.09. The van der Waals surface area contributed by atoms with Crippen molar-refractivity contribution in [2.24, 2.45) is 5.92 Å². The molecular weight excluding hydrogens is 240 g/mol. The predicted molar refractivity (Wildman–Crippen MR) is 75.7 cm³/mol. The molecule has 104 valence electrons. The van der Waals surface area contributed by atoms with Gasteiger partial charge in [0.25, 0.3) is 5.56 Å². The standard InChI is InChI=1S/C14H22N4O/c1-18(9-10-4-6-15-7-5-10)12-8-13(19)17-14(16-12)11-2-3-11/h8,10-11,15H,2-7,9H2,1H3,(H,16,17,19). The number of nitrogens with one attached hydrogen (secondary N) is 2. The van der Waals surface area contributed by atoms with E-state index in [1.807, 2.05) is 7.05 Å². The first-order valence-corrected chi connectivity index (χ1v) is 7.25. The Kier molecular flexibility index (Phi) is 3.55. The molecule has 5 nitrogen and oxygen atoms in total. The van der Waals surface area contributed by atoms with E-state index < -0.39 is 0 Å². The zero-order chi connectivity index (χ0) is 13.2. The number of rotatable bonds is 4. The molecule has 19 heavy (non-hydrogen) atoms.